The number of thioether (sulfide) groups is 1. The molecule has 0 radical (unpaired) electrons. The monoisotopic (exact) mass is 241 g/mol. The first kappa shape index (κ1) is 13.2. The van der Waals surface area contributed by atoms with E-state index in [4.69, 9.17) is 5.73 Å². The Balaban J connectivity index is 2.04. The van der Waals surface area contributed by atoms with Gasteiger partial charge in [0, 0.05) is 11.8 Å². The minimum Gasteiger partial charge on any atom is -0.327 e. The van der Waals surface area contributed by atoms with Gasteiger partial charge < -0.3 is 5.73 Å². The zero-order valence-corrected chi connectivity index (χ0v) is 9.54. The zero-order chi connectivity index (χ0) is 11.3. The number of nitrogens with two attached hydrogens (primary N) is 1. The fourth-order valence-electron chi connectivity index (χ4n) is 2.13. The van der Waals surface area contributed by atoms with Crippen LogP contribution in [0, 0.1) is 5.92 Å². The van der Waals surface area contributed by atoms with Gasteiger partial charge in [-0.2, -0.15) is 13.2 Å². The Labute approximate surface area is 93.0 Å². The van der Waals surface area contributed by atoms with Crippen molar-refractivity contribution in [1.29, 1.82) is 0 Å². The van der Waals surface area contributed by atoms with E-state index < -0.39 is 5.51 Å². The van der Waals surface area contributed by atoms with Crippen LogP contribution in [-0.2, 0) is 0 Å². The average molecular weight is 241 g/mol. The molecule has 1 nitrogen and oxygen atoms in total. The Bertz CT molecular complexity index is 178. The van der Waals surface area contributed by atoms with Crippen molar-refractivity contribution in [2.24, 2.45) is 11.7 Å². The fraction of sp³-hybridized carbons (Fsp3) is 1.00. The van der Waals surface area contributed by atoms with Crippen LogP contribution in [-0.4, -0.2) is 17.3 Å². The molecule has 90 valence electrons. The Kier molecular flexibility index (Phi) is 5.26. The second-order valence-corrected chi connectivity index (χ2v) is 5.30. The van der Waals surface area contributed by atoms with Gasteiger partial charge in [0.25, 0.3) is 0 Å². The summed E-state index contributed by atoms with van der Waals surface area (Å²) in [5.74, 6) is 0.699. The quantitative estimate of drug-likeness (QED) is 0.745. The van der Waals surface area contributed by atoms with Crippen LogP contribution in [0.2, 0.25) is 0 Å². The largest absolute Gasteiger partial charge is 0.441 e. The minimum absolute atomic E-state index is 0.0625. The first-order valence-corrected chi connectivity index (χ1v) is 6.44. The van der Waals surface area contributed by atoms with Crippen molar-refractivity contribution in [3.05, 3.63) is 0 Å². The molecule has 0 aromatic heterocycles. The maximum absolute atomic E-state index is 11.8. The number of alkyl halides is 3. The van der Waals surface area contributed by atoms with Crippen LogP contribution in [0.1, 0.15) is 38.5 Å². The molecule has 1 rings (SSSR count). The van der Waals surface area contributed by atoms with E-state index in [2.05, 4.69) is 0 Å². The molecule has 1 aliphatic rings. The molecule has 1 fully saturated rings. The van der Waals surface area contributed by atoms with Gasteiger partial charge in [-0.25, -0.2) is 0 Å². The molecule has 0 spiro atoms. The van der Waals surface area contributed by atoms with Gasteiger partial charge in [0.1, 0.15) is 0 Å². The van der Waals surface area contributed by atoms with Crippen molar-refractivity contribution in [3.8, 4) is 0 Å². The van der Waals surface area contributed by atoms with Crippen molar-refractivity contribution in [2.75, 3.05) is 5.75 Å². The number of rotatable bonds is 5. The van der Waals surface area contributed by atoms with Crippen LogP contribution in [0.25, 0.3) is 0 Å². The number of hydrogen-bond acceptors (Lipinski definition) is 2. The molecular weight excluding hydrogens is 223 g/mol. The van der Waals surface area contributed by atoms with Crippen LogP contribution < -0.4 is 5.73 Å². The van der Waals surface area contributed by atoms with E-state index in [0.29, 0.717) is 12.3 Å². The third kappa shape index (κ3) is 5.66. The van der Waals surface area contributed by atoms with Crippen LogP contribution in [0.3, 0.4) is 0 Å². The molecule has 0 aliphatic heterocycles. The summed E-state index contributed by atoms with van der Waals surface area (Å²) >= 11 is 0.0625. The fourth-order valence-corrected chi connectivity index (χ4v) is 2.67. The molecule has 1 aliphatic carbocycles. The van der Waals surface area contributed by atoms with Crippen molar-refractivity contribution in [1.82, 2.24) is 0 Å². The van der Waals surface area contributed by atoms with Crippen molar-refractivity contribution in [3.63, 3.8) is 0 Å². The molecule has 0 heterocycles. The summed E-state index contributed by atoms with van der Waals surface area (Å²) in [6.45, 7) is 0. The van der Waals surface area contributed by atoms with Gasteiger partial charge in [-0.15, -0.1) is 0 Å². The summed E-state index contributed by atoms with van der Waals surface area (Å²) in [7, 11) is 0. The van der Waals surface area contributed by atoms with Gasteiger partial charge >= 0.3 is 5.51 Å². The topological polar surface area (TPSA) is 26.0 Å². The Hall–Kier alpha value is 0.100. The van der Waals surface area contributed by atoms with Crippen LogP contribution in [0.15, 0.2) is 0 Å². The molecule has 2 N–H and O–H groups in total. The van der Waals surface area contributed by atoms with E-state index in [9.17, 15) is 13.2 Å². The lowest BCUT2D eigenvalue weighted by Crippen LogP contribution is -2.28. The third-order valence-electron chi connectivity index (χ3n) is 2.95. The second-order valence-electron chi connectivity index (χ2n) is 4.14. The normalized spacial score (nSPS) is 20.8. The first-order chi connectivity index (χ1) is 6.99. The number of hydrogen-bond donors (Lipinski definition) is 1. The predicted molar refractivity (Wildman–Crippen MR) is 57.7 cm³/mol. The highest BCUT2D eigenvalue weighted by atomic mass is 32.2. The molecule has 0 amide bonds. The van der Waals surface area contributed by atoms with Gasteiger partial charge in [-0.1, -0.05) is 24.6 Å². The van der Waals surface area contributed by atoms with E-state index >= 15 is 0 Å². The zero-order valence-electron chi connectivity index (χ0n) is 8.72. The van der Waals surface area contributed by atoms with Crippen LogP contribution in [0.5, 0.6) is 0 Å². The maximum atomic E-state index is 11.8. The summed E-state index contributed by atoms with van der Waals surface area (Å²) in [6, 6.07) is 0.112. The van der Waals surface area contributed by atoms with E-state index in [-0.39, 0.29) is 23.6 Å². The van der Waals surface area contributed by atoms with Gasteiger partial charge in [0.2, 0.25) is 0 Å². The molecule has 0 bridgehead atoms. The average Bonchev–Trinajstić information content (AvgIpc) is 2.63. The lowest BCUT2D eigenvalue weighted by atomic mass is 9.95. The Morgan fingerprint density at radius 2 is 1.87 bits per heavy atom. The molecule has 1 unspecified atom stereocenters. The highest BCUT2D eigenvalue weighted by molar-refractivity contribution is 8.00. The first-order valence-electron chi connectivity index (χ1n) is 5.45. The van der Waals surface area contributed by atoms with Crippen molar-refractivity contribution >= 4 is 11.8 Å². The highest BCUT2D eigenvalue weighted by Gasteiger charge is 2.28. The second kappa shape index (κ2) is 5.99. The summed E-state index contributed by atoms with van der Waals surface area (Å²) in [5.41, 5.74) is 1.85. The van der Waals surface area contributed by atoms with Crippen LogP contribution >= 0.6 is 11.8 Å². The molecule has 15 heavy (non-hydrogen) atoms. The molecule has 1 saturated carbocycles. The maximum Gasteiger partial charge on any atom is 0.441 e. The SMILES string of the molecule is NC(CCCSC(F)(F)F)C1CCCC1. The van der Waals surface area contributed by atoms with Crippen LogP contribution in [0.4, 0.5) is 13.2 Å². The third-order valence-corrected chi connectivity index (χ3v) is 3.77. The van der Waals surface area contributed by atoms with E-state index in [1.807, 2.05) is 0 Å². The van der Waals surface area contributed by atoms with E-state index in [0.717, 1.165) is 19.3 Å². The van der Waals surface area contributed by atoms with Gasteiger partial charge in [-0.3, -0.25) is 0 Å². The smallest absolute Gasteiger partial charge is 0.327 e. The van der Waals surface area contributed by atoms with Crippen molar-refractivity contribution in [2.45, 2.75) is 50.1 Å². The summed E-state index contributed by atoms with van der Waals surface area (Å²) in [5, 5.41) is 0. The predicted octanol–water partition coefficient (Wildman–Crippen LogP) is 3.54. The Morgan fingerprint density at radius 3 is 2.40 bits per heavy atom. The summed E-state index contributed by atoms with van der Waals surface area (Å²) < 4.78 is 35.4. The minimum atomic E-state index is -4.09. The van der Waals surface area contributed by atoms with Gasteiger partial charge in [-0.05, 0) is 31.6 Å². The molecule has 0 saturated heterocycles. The van der Waals surface area contributed by atoms with Crippen molar-refractivity contribution < 1.29 is 13.2 Å². The van der Waals surface area contributed by atoms with E-state index in [1.165, 1.54) is 12.8 Å². The van der Waals surface area contributed by atoms with Gasteiger partial charge in [0.05, 0.1) is 0 Å². The van der Waals surface area contributed by atoms with E-state index in [1.54, 1.807) is 0 Å². The lowest BCUT2D eigenvalue weighted by Gasteiger charge is -2.18. The molecule has 0 aromatic rings. The standard InChI is InChI=1S/C10H18F3NS/c11-10(12,13)15-7-3-6-9(14)8-4-1-2-5-8/h8-9H,1-7,14H2. The molecule has 1 atom stereocenters. The Morgan fingerprint density at radius 1 is 1.27 bits per heavy atom. The summed E-state index contributed by atoms with van der Waals surface area (Å²) in [6.07, 6.45) is 6.09. The lowest BCUT2D eigenvalue weighted by molar-refractivity contribution is -0.0328. The van der Waals surface area contributed by atoms with Gasteiger partial charge in [0.15, 0.2) is 0 Å². The molecule has 5 heteroatoms. The summed E-state index contributed by atoms with van der Waals surface area (Å²) in [4.78, 5) is 0. The molecule has 0 aromatic carbocycles. The number of halogens is 3. The highest BCUT2D eigenvalue weighted by Crippen LogP contribution is 2.32. The molecular formula is C10H18F3NS.